The van der Waals surface area contributed by atoms with E-state index in [0.717, 1.165) is 25.7 Å². The van der Waals surface area contributed by atoms with Crippen molar-refractivity contribution in [3.05, 3.63) is 0 Å². The van der Waals surface area contributed by atoms with Crippen LogP contribution in [0.25, 0.3) is 0 Å². The Hall–Kier alpha value is -1.06. The van der Waals surface area contributed by atoms with Crippen molar-refractivity contribution in [1.29, 1.82) is 0 Å². The molecular weight excluding hydrogens is 220 g/mol. The first-order valence-corrected chi connectivity index (χ1v) is 6.43. The van der Waals surface area contributed by atoms with Crippen LogP contribution in [0.4, 0.5) is 0 Å². The maximum absolute atomic E-state index is 11.5. The molecule has 0 saturated carbocycles. The third kappa shape index (κ3) is 5.71. The van der Waals surface area contributed by atoms with E-state index in [-0.39, 0.29) is 30.6 Å². The van der Waals surface area contributed by atoms with Crippen molar-refractivity contribution < 1.29 is 19.1 Å². The van der Waals surface area contributed by atoms with Gasteiger partial charge in [0, 0.05) is 0 Å². The van der Waals surface area contributed by atoms with Gasteiger partial charge in [-0.15, -0.1) is 0 Å². The largest absolute Gasteiger partial charge is 0.428 e. The first kappa shape index (κ1) is 15.9. The van der Waals surface area contributed by atoms with Gasteiger partial charge < -0.3 is 9.47 Å². The number of esters is 2. The predicted octanol–water partition coefficient (Wildman–Crippen LogP) is 2.90. The van der Waals surface area contributed by atoms with Crippen LogP contribution in [0.15, 0.2) is 0 Å². The van der Waals surface area contributed by atoms with Crippen LogP contribution in [-0.4, -0.2) is 18.7 Å². The molecule has 0 aliphatic carbocycles. The van der Waals surface area contributed by atoms with Crippen molar-refractivity contribution in [2.24, 2.45) is 11.8 Å². The van der Waals surface area contributed by atoms with E-state index < -0.39 is 0 Å². The fraction of sp³-hybridized carbons (Fsp3) is 0.846. The summed E-state index contributed by atoms with van der Waals surface area (Å²) in [4.78, 5) is 23.0. The highest BCUT2D eigenvalue weighted by molar-refractivity contribution is 5.73. The molecule has 0 radical (unpaired) electrons. The molecule has 0 fully saturated rings. The summed E-state index contributed by atoms with van der Waals surface area (Å²) in [6, 6.07) is 0. The highest BCUT2D eigenvalue weighted by atomic mass is 16.7. The highest BCUT2D eigenvalue weighted by Gasteiger charge is 2.18. The molecular formula is C13H24O4. The summed E-state index contributed by atoms with van der Waals surface area (Å²) < 4.78 is 9.83. The van der Waals surface area contributed by atoms with Crippen LogP contribution in [0.1, 0.15) is 53.4 Å². The van der Waals surface area contributed by atoms with Crippen LogP contribution < -0.4 is 0 Å². The fourth-order valence-electron chi connectivity index (χ4n) is 1.63. The zero-order valence-corrected chi connectivity index (χ0v) is 11.3. The summed E-state index contributed by atoms with van der Waals surface area (Å²) >= 11 is 0. The Morgan fingerprint density at radius 3 is 1.29 bits per heavy atom. The van der Waals surface area contributed by atoms with Gasteiger partial charge in [-0.05, 0) is 25.7 Å². The van der Waals surface area contributed by atoms with E-state index in [4.69, 9.17) is 9.47 Å². The topological polar surface area (TPSA) is 52.6 Å². The molecule has 0 heterocycles. The summed E-state index contributed by atoms with van der Waals surface area (Å²) in [5, 5.41) is 0. The zero-order chi connectivity index (χ0) is 13.3. The van der Waals surface area contributed by atoms with Gasteiger partial charge in [0.25, 0.3) is 0 Å². The molecule has 4 heteroatoms. The molecule has 0 bridgehead atoms. The number of ether oxygens (including phenoxy) is 2. The summed E-state index contributed by atoms with van der Waals surface area (Å²) in [7, 11) is 0. The second kappa shape index (κ2) is 9.02. The molecule has 0 aliphatic heterocycles. The van der Waals surface area contributed by atoms with E-state index in [1.54, 1.807) is 0 Å². The summed E-state index contributed by atoms with van der Waals surface area (Å²) in [5.41, 5.74) is 0. The average Bonchev–Trinajstić information content (AvgIpc) is 2.32. The summed E-state index contributed by atoms with van der Waals surface area (Å²) in [6.45, 7) is 7.49. The molecule has 100 valence electrons. The summed E-state index contributed by atoms with van der Waals surface area (Å²) in [5.74, 6) is -0.761. The third-order valence-corrected chi connectivity index (χ3v) is 3.04. The Labute approximate surface area is 104 Å². The lowest BCUT2D eigenvalue weighted by atomic mass is 10.0. The number of rotatable bonds is 8. The zero-order valence-electron chi connectivity index (χ0n) is 11.3. The van der Waals surface area contributed by atoms with Crippen molar-refractivity contribution in [3.8, 4) is 0 Å². The van der Waals surface area contributed by atoms with Crippen LogP contribution in [0, 0.1) is 11.8 Å². The van der Waals surface area contributed by atoms with Crippen LogP contribution in [0.3, 0.4) is 0 Å². The molecule has 0 atom stereocenters. The predicted molar refractivity (Wildman–Crippen MR) is 65.2 cm³/mol. The van der Waals surface area contributed by atoms with Crippen molar-refractivity contribution in [1.82, 2.24) is 0 Å². The van der Waals surface area contributed by atoms with Gasteiger partial charge in [0.05, 0.1) is 11.8 Å². The van der Waals surface area contributed by atoms with Gasteiger partial charge in [0.15, 0.2) is 0 Å². The van der Waals surface area contributed by atoms with E-state index in [0.29, 0.717) is 0 Å². The van der Waals surface area contributed by atoms with Gasteiger partial charge in [-0.3, -0.25) is 9.59 Å². The van der Waals surface area contributed by atoms with Crippen molar-refractivity contribution >= 4 is 11.9 Å². The highest BCUT2D eigenvalue weighted by Crippen LogP contribution is 2.11. The second-order valence-electron chi connectivity index (χ2n) is 4.07. The molecule has 0 rings (SSSR count). The normalized spacial score (nSPS) is 10.7. The molecule has 0 aromatic carbocycles. The van der Waals surface area contributed by atoms with E-state index in [1.807, 2.05) is 27.7 Å². The maximum Gasteiger partial charge on any atom is 0.311 e. The Morgan fingerprint density at radius 1 is 0.765 bits per heavy atom. The number of carbonyl (C=O) groups is 2. The smallest absolute Gasteiger partial charge is 0.311 e. The fourth-order valence-corrected chi connectivity index (χ4v) is 1.63. The lowest BCUT2D eigenvalue weighted by Gasteiger charge is -2.14. The molecule has 0 aromatic heterocycles. The molecule has 0 spiro atoms. The van der Waals surface area contributed by atoms with E-state index in [1.165, 1.54) is 0 Å². The lowest BCUT2D eigenvalue weighted by Crippen LogP contribution is -2.22. The minimum Gasteiger partial charge on any atom is -0.428 e. The lowest BCUT2D eigenvalue weighted by molar-refractivity contribution is -0.173. The Morgan fingerprint density at radius 2 is 1.06 bits per heavy atom. The third-order valence-electron chi connectivity index (χ3n) is 3.04. The molecule has 0 unspecified atom stereocenters. The molecule has 0 aliphatic rings. The molecule has 17 heavy (non-hydrogen) atoms. The number of hydrogen-bond donors (Lipinski definition) is 0. The Kier molecular flexibility index (Phi) is 8.46. The Balaban J connectivity index is 3.90. The average molecular weight is 244 g/mol. The Bertz CT molecular complexity index is 206. The monoisotopic (exact) mass is 244 g/mol. The van der Waals surface area contributed by atoms with Crippen LogP contribution in [0.5, 0.6) is 0 Å². The molecule has 0 amide bonds. The van der Waals surface area contributed by atoms with Gasteiger partial charge in [-0.2, -0.15) is 0 Å². The molecule has 0 saturated heterocycles. The van der Waals surface area contributed by atoms with E-state index >= 15 is 0 Å². The molecule has 0 N–H and O–H groups in total. The maximum atomic E-state index is 11.5. The van der Waals surface area contributed by atoms with Gasteiger partial charge in [-0.1, -0.05) is 27.7 Å². The van der Waals surface area contributed by atoms with Gasteiger partial charge in [-0.25, -0.2) is 0 Å². The van der Waals surface area contributed by atoms with Gasteiger partial charge >= 0.3 is 11.9 Å². The molecule has 0 aromatic rings. The van der Waals surface area contributed by atoms with Gasteiger partial charge in [0.1, 0.15) is 0 Å². The van der Waals surface area contributed by atoms with E-state index in [9.17, 15) is 9.59 Å². The van der Waals surface area contributed by atoms with Gasteiger partial charge in [0.2, 0.25) is 6.79 Å². The molecule has 4 nitrogen and oxygen atoms in total. The quantitative estimate of drug-likeness (QED) is 0.486. The summed E-state index contributed by atoms with van der Waals surface area (Å²) in [6.07, 6.45) is 2.98. The first-order chi connectivity index (χ1) is 8.10. The van der Waals surface area contributed by atoms with Crippen LogP contribution in [-0.2, 0) is 19.1 Å². The SMILES string of the molecule is CCC(CC)C(=O)OCOC(=O)C(CC)CC. The first-order valence-electron chi connectivity index (χ1n) is 6.43. The second-order valence-corrected chi connectivity index (χ2v) is 4.07. The van der Waals surface area contributed by atoms with Crippen molar-refractivity contribution in [2.45, 2.75) is 53.4 Å². The van der Waals surface area contributed by atoms with Crippen molar-refractivity contribution in [3.63, 3.8) is 0 Å². The van der Waals surface area contributed by atoms with E-state index in [2.05, 4.69) is 0 Å². The number of hydrogen-bond acceptors (Lipinski definition) is 4. The minimum atomic E-state index is -0.285. The minimum absolute atomic E-state index is 0.0955. The van der Waals surface area contributed by atoms with Crippen molar-refractivity contribution in [2.75, 3.05) is 6.79 Å². The number of carbonyl (C=O) groups excluding carboxylic acids is 2. The van der Waals surface area contributed by atoms with Crippen LogP contribution >= 0.6 is 0 Å². The van der Waals surface area contributed by atoms with Crippen LogP contribution in [0.2, 0.25) is 0 Å². The standard InChI is InChI=1S/C13H24O4/c1-5-10(6-2)12(14)16-9-17-13(15)11(7-3)8-4/h10-11H,5-9H2,1-4H3.